The predicted molar refractivity (Wildman–Crippen MR) is 75.7 cm³/mol. The number of nitro benzene ring substituents is 1. The van der Waals surface area contributed by atoms with Gasteiger partial charge in [0.1, 0.15) is 5.56 Å². The molecule has 118 valence electrons. The van der Waals surface area contributed by atoms with Crippen LogP contribution < -0.4 is 0 Å². The molecule has 1 aliphatic heterocycles. The highest BCUT2D eigenvalue weighted by Crippen LogP contribution is 2.24. The van der Waals surface area contributed by atoms with Gasteiger partial charge in [-0.25, -0.2) is 0 Å². The molecule has 0 saturated carbocycles. The maximum atomic E-state index is 12.6. The van der Waals surface area contributed by atoms with Gasteiger partial charge < -0.3 is 14.7 Å². The number of carbonyl (C=O) groups is 2. The van der Waals surface area contributed by atoms with Gasteiger partial charge >= 0.3 is 5.97 Å². The molecular weight excluding hydrogens is 292 g/mol. The fourth-order valence-corrected chi connectivity index (χ4v) is 2.46. The van der Waals surface area contributed by atoms with Crippen molar-refractivity contribution in [2.24, 2.45) is 0 Å². The SMILES string of the molecule is Cc1cccc([N+](=O)[O-])c1C(=O)N1CCOC(CC(=O)O)C1. The van der Waals surface area contributed by atoms with E-state index < -0.39 is 22.9 Å². The topological polar surface area (TPSA) is 110 Å². The molecule has 1 saturated heterocycles. The molecule has 1 heterocycles. The Morgan fingerprint density at radius 1 is 1.50 bits per heavy atom. The van der Waals surface area contributed by atoms with Gasteiger partial charge in [0.05, 0.1) is 24.1 Å². The van der Waals surface area contributed by atoms with Gasteiger partial charge in [-0.3, -0.25) is 19.7 Å². The van der Waals surface area contributed by atoms with Crippen LogP contribution in [-0.4, -0.2) is 52.6 Å². The molecule has 22 heavy (non-hydrogen) atoms. The number of rotatable bonds is 4. The lowest BCUT2D eigenvalue weighted by atomic mass is 10.0. The summed E-state index contributed by atoms with van der Waals surface area (Å²) in [5.74, 6) is -1.48. The first-order valence-electron chi connectivity index (χ1n) is 6.77. The molecule has 1 N–H and O–H groups in total. The number of nitrogens with zero attached hydrogens (tertiary/aromatic N) is 2. The molecule has 1 aromatic rings. The molecule has 1 amide bonds. The predicted octanol–water partition coefficient (Wildman–Crippen LogP) is 1.22. The van der Waals surface area contributed by atoms with Crippen LogP contribution in [0.15, 0.2) is 18.2 Å². The Balaban J connectivity index is 2.24. The number of aryl methyl sites for hydroxylation is 1. The van der Waals surface area contributed by atoms with Crippen molar-refractivity contribution >= 4 is 17.6 Å². The van der Waals surface area contributed by atoms with Gasteiger partial charge in [0.25, 0.3) is 11.6 Å². The molecule has 0 aliphatic carbocycles. The van der Waals surface area contributed by atoms with Crippen molar-refractivity contribution in [2.75, 3.05) is 19.7 Å². The summed E-state index contributed by atoms with van der Waals surface area (Å²) in [5.41, 5.74) is 0.315. The van der Waals surface area contributed by atoms with Gasteiger partial charge in [-0.15, -0.1) is 0 Å². The summed E-state index contributed by atoms with van der Waals surface area (Å²) in [6, 6.07) is 4.45. The molecule has 2 rings (SSSR count). The first-order chi connectivity index (χ1) is 10.4. The molecule has 8 heteroatoms. The zero-order valence-electron chi connectivity index (χ0n) is 12.0. The smallest absolute Gasteiger partial charge is 0.306 e. The number of hydrogen-bond donors (Lipinski definition) is 1. The van der Waals surface area contributed by atoms with Gasteiger partial charge in [-0.1, -0.05) is 12.1 Å². The highest BCUT2D eigenvalue weighted by atomic mass is 16.6. The second kappa shape index (κ2) is 6.52. The van der Waals surface area contributed by atoms with Crippen LogP contribution in [0.2, 0.25) is 0 Å². The Morgan fingerprint density at radius 2 is 2.23 bits per heavy atom. The van der Waals surface area contributed by atoms with E-state index in [1.165, 1.54) is 17.0 Å². The van der Waals surface area contributed by atoms with E-state index in [4.69, 9.17) is 9.84 Å². The minimum atomic E-state index is -1.01. The van der Waals surface area contributed by atoms with Crippen LogP contribution in [0.5, 0.6) is 0 Å². The maximum absolute atomic E-state index is 12.6. The second-order valence-electron chi connectivity index (χ2n) is 5.07. The fraction of sp³-hybridized carbons (Fsp3) is 0.429. The number of ether oxygens (including phenoxy) is 1. The first kappa shape index (κ1) is 15.9. The summed E-state index contributed by atoms with van der Waals surface area (Å²) in [5, 5.41) is 19.9. The molecular formula is C14H16N2O6. The molecule has 1 unspecified atom stereocenters. The normalized spacial score (nSPS) is 18.0. The fourth-order valence-electron chi connectivity index (χ4n) is 2.46. The van der Waals surface area contributed by atoms with Crippen molar-refractivity contribution < 1.29 is 24.4 Å². The third kappa shape index (κ3) is 3.40. The highest BCUT2D eigenvalue weighted by Gasteiger charge is 2.31. The van der Waals surface area contributed by atoms with E-state index in [0.717, 1.165) is 0 Å². The van der Waals surface area contributed by atoms with Crippen molar-refractivity contribution in [1.82, 2.24) is 4.90 Å². The standard InChI is InChI=1S/C14H16N2O6/c1-9-3-2-4-11(16(20)21)13(9)14(19)15-5-6-22-10(8-15)7-12(17)18/h2-4,10H,5-8H2,1H3,(H,17,18). The molecule has 1 fully saturated rings. The van der Waals surface area contributed by atoms with Crippen molar-refractivity contribution in [3.8, 4) is 0 Å². The van der Waals surface area contributed by atoms with E-state index in [-0.39, 0.29) is 37.4 Å². The summed E-state index contributed by atoms with van der Waals surface area (Å²) in [7, 11) is 0. The molecule has 1 aliphatic rings. The zero-order chi connectivity index (χ0) is 16.3. The summed E-state index contributed by atoms with van der Waals surface area (Å²) in [4.78, 5) is 35.3. The Labute approximate surface area is 126 Å². The Kier molecular flexibility index (Phi) is 4.71. The van der Waals surface area contributed by atoms with Crippen molar-refractivity contribution in [1.29, 1.82) is 0 Å². The number of nitro groups is 1. The van der Waals surface area contributed by atoms with Crippen LogP contribution in [0.25, 0.3) is 0 Å². The molecule has 0 aromatic heterocycles. The van der Waals surface area contributed by atoms with Crippen LogP contribution in [0.4, 0.5) is 5.69 Å². The first-order valence-corrected chi connectivity index (χ1v) is 6.77. The van der Waals surface area contributed by atoms with E-state index >= 15 is 0 Å². The van der Waals surface area contributed by atoms with Crippen molar-refractivity contribution in [2.45, 2.75) is 19.4 Å². The Bertz CT molecular complexity index is 615. The molecule has 0 radical (unpaired) electrons. The van der Waals surface area contributed by atoms with Gasteiger partial charge in [0.15, 0.2) is 0 Å². The molecule has 1 aromatic carbocycles. The molecule has 0 spiro atoms. The van der Waals surface area contributed by atoms with Crippen LogP contribution in [0, 0.1) is 17.0 Å². The van der Waals surface area contributed by atoms with Gasteiger partial charge in [-0.05, 0) is 12.5 Å². The van der Waals surface area contributed by atoms with Crippen LogP contribution >= 0.6 is 0 Å². The number of amides is 1. The third-order valence-corrected chi connectivity index (χ3v) is 3.49. The lowest BCUT2D eigenvalue weighted by molar-refractivity contribution is -0.385. The summed E-state index contributed by atoms with van der Waals surface area (Å²) < 4.78 is 5.30. The number of benzene rings is 1. The van der Waals surface area contributed by atoms with Gasteiger partial charge in [0, 0.05) is 19.2 Å². The van der Waals surface area contributed by atoms with Gasteiger partial charge in [-0.2, -0.15) is 0 Å². The third-order valence-electron chi connectivity index (χ3n) is 3.49. The summed E-state index contributed by atoms with van der Waals surface area (Å²) >= 11 is 0. The lowest BCUT2D eigenvalue weighted by Gasteiger charge is -2.32. The minimum absolute atomic E-state index is 0.0449. The molecule has 8 nitrogen and oxygen atoms in total. The van der Waals surface area contributed by atoms with Gasteiger partial charge in [0.2, 0.25) is 0 Å². The lowest BCUT2D eigenvalue weighted by Crippen LogP contribution is -2.46. The number of aliphatic carboxylic acids is 1. The van der Waals surface area contributed by atoms with E-state index in [2.05, 4.69) is 0 Å². The number of morpholine rings is 1. The number of hydrogen-bond acceptors (Lipinski definition) is 5. The Morgan fingerprint density at radius 3 is 2.86 bits per heavy atom. The maximum Gasteiger partial charge on any atom is 0.306 e. The van der Waals surface area contributed by atoms with Crippen molar-refractivity contribution in [3.05, 3.63) is 39.4 Å². The van der Waals surface area contributed by atoms with E-state index in [1.807, 2.05) is 0 Å². The van der Waals surface area contributed by atoms with E-state index in [9.17, 15) is 19.7 Å². The summed E-state index contributed by atoms with van der Waals surface area (Å²) in [6.07, 6.45) is -0.808. The highest BCUT2D eigenvalue weighted by molar-refractivity contribution is 5.99. The quantitative estimate of drug-likeness (QED) is 0.661. The van der Waals surface area contributed by atoms with Crippen LogP contribution in [0.1, 0.15) is 22.3 Å². The van der Waals surface area contributed by atoms with E-state index in [1.54, 1.807) is 13.0 Å². The summed E-state index contributed by atoms with van der Waals surface area (Å²) in [6.45, 7) is 2.23. The number of carbonyl (C=O) groups excluding carboxylic acids is 1. The molecule has 0 bridgehead atoms. The Hall–Kier alpha value is -2.48. The van der Waals surface area contributed by atoms with Crippen molar-refractivity contribution in [3.63, 3.8) is 0 Å². The van der Waals surface area contributed by atoms with Crippen LogP contribution in [0.3, 0.4) is 0 Å². The minimum Gasteiger partial charge on any atom is -0.481 e. The average molecular weight is 308 g/mol. The largest absolute Gasteiger partial charge is 0.481 e. The second-order valence-corrected chi connectivity index (χ2v) is 5.07. The molecule has 1 atom stereocenters. The van der Waals surface area contributed by atoms with E-state index in [0.29, 0.717) is 5.56 Å². The van der Waals surface area contributed by atoms with Crippen LogP contribution in [-0.2, 0) is 9.53 Å². The zero-order valence-corrected chi connectivity index (χ0v) is 12.0. The number of carboxylic acid groups (broad SMARTS) is 1. The monoisotopic (exact) mass is 308 g/mol. The average Bonchev–Trinajstić information content (AvgIpc) is 2.45. The number of carboxylic acids is 1.